The number of hydrogen-bond acceptors (Lipinski definition) is 3. The summed E-state index contributed by atoms with van der Waals surface area (Å²) in [5.41, 5.74) is 0. The molecule has 0 rings (SSSR count). The van der Waals surface area contributed by atoms with Crippen molar-refractivity contribution in [3.63, 3.8) is 0 Å². The van der Waals surface area contributed by atoms with E-state index in [0.717, 1.165) is 26.2 Å². The summed E-state index contributed by atoms with van der Waals surface area (Å²) in [6.07, 6.45) is 1.87. The molecule has 0 aromatic rings. The molecule has 78 valence electrons. The van der Waals surface area contributed by atoms with Crippen molar-refractivity contribution in [2.75, 3.05) is 32.8 Å². The Bertz CT molecular complexity index is 126. The molecule has 0 aromatic heterocycles. The van der Waals surface area contributed by atoms with Gasteiger partial charge in [-0.1, -0.05) is 19.9 Å². The predicted octanol–water partition coefficient (Wildman–Crippen LogP) is 0.465. The summed E-state index contributed by atoms with van der Waals surface area (Å²) in [7, 11) is 0. The van der Waals surface area contributed by atoms with Crippen LogP contribution in [-0.4, -0.2) is 48.8 Å². The van der Waals surface area contributed by atoms with Crippen LogP contribution in [0, 0.1) is 0 Å². The van der Waals surface area contributed by atoms with E-state index in [-0.39, 0.29) is 6.61 Å². The quantitative estimate of drug-likeness (QED) is 0.541. The summed E-state index contributed by atoms with van der Waals surface area (Å²) in [6.45, 7) is 11.7. The SMILES string of the molecule is C=CCN(CCO)CCNC(C)C. The van der Waals surface area contributed by atoms with Crippen molar-refractivity contribution in [1.82, 2.24) is 10.2 Å². The maximum atomic E-state index is 8.78. The van der Waals surface area contributed by atoms with Crippen LogP contribution in [0.3, 0.4) is 0 Å². The average molecular weight is 186 g/mol. The summed E-state index contributed by atoms with van der Waals surface area (Å²) in [4.78, 5) is 2.17. The first-order valence-corrected chi connectivity index (χ1v) is 4.88. The largest absolute Gasteiger partial charge is 0.395 e. The van der Waals surface area contributed by atoms with Gasteiger partial charge in [-0.15, -0.1) is 6.58 Å². The summed E-state index contributed by atoms with van der Waals surface area (Å²) < 4.78 is 0. The minimum atomic E-state index is 0.218. The molecule has 0 saturated heterocycles. The first kappa shape index (κ1) is 12.6. The van der Waals surface area contributed by atoms with Gasteiger partial charge in [-0.25, -0.2) is 0 Å². The zero-order valence-corrected chi connectivity index (χ0v) is 8.79. The van der Waals surface area contributed by atoms with Crippen LogP contribution in [0.2, 0.25) is 0 Å². The van der Waals surface area contributed by atoms with Crippen molar-refractivity contribution in [3.05, 3.63) is 12.7 Å². The normalized spacial score (nSPS) is 11.2. The molecule has 0 unspecified atom stereocenters. The van der Waals surface area contributed by atoms with E-state index in [4.69, 9.17) is 5.11 Å². The van der Waals surface area contributed by atoms with Crippen LogP contribution in [0.1, 0.15) is 13.8 Å². The van der Waals surface area contributed by atoms with Crippen LogP contribution in [0.5, 0.6) is 0 Å². The fourth-order valence-corrected chi connectivity index (χ4v) is 1.13. The molecule has 13 heavy (non-hydrogen) atoms. The van der Waals surface area contributed by atoms with Gasteiger partial charge < -0.3 is 10.4 Å². The number of nitrogens with one attached hydrogen (secondary N) is 1. The molecule has 3 heteroatoms. The van der Waals surface area contributed by atoms with Gasteiger partial charge in [0.25, 0.3) is 0 Å². The predicted molar refractivity (Wildman–Crippen MR) is 56.9 cm³/mol. The van der Waals surface area contributed by atoms with Crippen molar-refractivity contribution in [3.8, 4) is 0 Å². The molecule has 0 spiro atoms. The first-order valence-electron chi connectivity index (χ1n) is 4.88. The van der Waals surface area contributed by atoms with Gasteiger partial charge in [0.15, 0.2) is 0 Å². The molecule has 0 fully saturated rings. The lowest BCUT2D eigenvalue weighted by Crippen LogP contribution is -2.36. The highest BCUT2D eigenvalue weighted by atomic mass is 16.3. The van der Waals surface area contributed by atoms with Crippen molar-refractivity contribution in [2.24, 2.45) is 0 Å². The van der Waals surface area contributed by atoms with Crippen LogP contribution in [0.25, 0.3) is 0 Å². The fourth-order valence-electron chi connectivity index (χ4n) is 1.13. The van der Waals surface area contributed by atoms with E-state index in [0.29, 0.717) is 6.04 Å². The first-order chi connectivity index (χ1) is 6.20. The Morgan fingerprint density at radius 1 is 1.46 bits per heavy atom. The van der Waals surface area contributed by atoms with Crippen LogP contribution in [0.4, 0.5) is 0 Å². The lowest BCUT2D eigenvalue weighted by atomic mass is 10.4. The van der Waals surface area contributed by atoms with Gasteiger partial charge >= 0.3 is 0 Å². The summed E-state index contributed by atoms with van der Waals surface area (Å²) >= 11 is 0. The molecule has 0 bridgehead atoms. The molecule has 0 aliphatic heterocycles. The van der Waals surface area contributed by atoms with Crippen LogP contribution < -0.4 is 5.32 Å². The monoisotopic (exact) mass is 186 g/mol. The minimum Gasteiger partial charge on any atom is -0.395 e. The van der Waals surface area contributed by atoms with Gasteiger partial charge in [0.1, 0.15) is 0 Å². The summed E-state index contributed by atoms with van der Waals surface area (Å²) in [5.74, 6) is 0. The van der Waals surface area contributed by atoms with E-state index < -0.39 is 0 Å². The maximum Gasteiger partial charge on any atom is 0.0558 e. The Hall–Kier alpha value is -0.380. The Labute approximate surface area is 81.4 Å². The topological polar surface area (TPSA) is 35.5 Å². The lowest BCUT2D eigenvalue weighted by molar-refractivity contribution is 0.208. The molecule has 0 aromatic carbocycles. The minimum absolute atomic E-state index is 0.218. The van der Waals surface area contributed by atoms with Crippen LogP contribution in [0.15, 0.2) is 12.7 Å². The zero-order chi connectivity index (χ0) is 10.1. The van der Waals surface area contributed by atoms with E-state index in [9.17, 15) is 0 Å². The number of rotatable bonds is 8. The van der Waals surface area contributed by atoms with Crippen molar-refractivity contribution in [2.45, 2.75) is 19.9 Å². The average Bonchev–Trinajstić information content (AvgIpc) is 2.04. The van der Waals surface area contributed by atoms with Gasteiger partial charge in [-0.2, -0.15) is 0 Å². The number of nitrogens with zero attached hydrogens (tertiary/aromatic N) is 1. The van der Waals surface area contributed by atoms with E-state index in [2.05, 4.69) is 30.6 Å². The molecule has 2 N–H and O–H groups in total. The molecule has 0 saturated carbocycles. The third kappa shape index (κ3) is 7.96. The highest BCUT2D eigenvalue weighted by Gasteiger charge is 2.01. The Morgan fingerprint density at radius 2 is 2.15 bits per heavy atom. The van der Waals surface area contributed by atoms with Crippen molar-refractivity contribution < 1.29 is 5.11 Å². The summed E-state index contributed by atoms with van der Waals surface area (Å²) in [6, 6.07) is 0.528. The van der Waals surface area contributed by atoms with Gasteiger partial charge in [0.05, 0.1) is 6.61 Å². The molecule has 0 amide bonds. The molecule has 0 aliphatic rings. The third-order valence-electron chi connectivity index (χ3n) is 1.78. The Kier molecular flexibility index (Phi) is 7.99. The third-order valence-corrected chi connectivity index (χ3v) is 1.78. The van der Waals surface area contributed by atoms with E-state index >= 15 is 0 Å². The number of hydrogen-bond donors (Lipinski definition) is 2. The van der Waals surface area contributed by atoms with Gasteiger partial charge in [0.2, 0.25) is 0 Å². The molecular formula is C10H22N2O. The maximum absolute atomic E-state index is 8.78. The second kappa shape index (κ2) is 8.23. The number of aliphatic hydroxyl groups excluding tert-OH is 1. The molecule has 0 radical (unpaired) electrons. The Balaban J connectivity index is 3.49. The van der Waals surface area contributed by atoms with Gasteiger partial charge in [-0.05, 0) is 0 Å². The highest BCUT2D eigenvalue weighted by molar-refractivity contribution is 4.73. The molecule has 0 heterocycles. The van der Waals surface area contributed by atoms with Crippen molar-refractivity contribution >= 4 is 0 Å². The highest BCUT2D eigenvalue weighted by Crippen LogP contribution is 1.87. The second-order valence-corrected chi connectivity index (χ2v) is 3.42. The van der Waals surface area contributed by atoms with E-state index in [1.807, 2.05) is 6.08 Å². The lowest BCUT2D eigenvalue weighted by Gasteiger charge is -2.20. The van der Waals surface area contributed by atoms with Crippen LogP contribution in [-0.2, 0) is 0 Å². The van der Waals surface area contributed by atoms with Gasteiger partial charge in [0, 0.05) is 32.2 Å². The van der Waals surface area contributed by atoms with Crippen LogP contribution >= 0.6 is 0 Å². The number of aliphatic hydroxyl groups is 1. The van der Waals surface area contributed by atoms with E-state index in [1.54, 1.807) is 0 Å². The van der Waals surface area contributed by atoms with Gasteiger partial charge in [-0.3, -0.25) is 4.90 Å². The smallest absolute Gasteiger partial charge is 0.0558 e. The van der Waals surface area contributed by atoms with E-state index in [1.165, 1.54) is 0 Å². The zero-order valence-electron chi connectivity index (χ0n) is 8.79. The molecule has 3 nitrogen and oxygen atoms in total. The second-order valence-electron chi connectivity index (χ2n) is 3.42. The standard InChI is InChI=1S/C10H22N2O/c1-4-6-12(8-9-13)7-5-11-10(2)3/h4,10-11,13H,1,5-9H2,2-3H3. The van der Waals surface area contributed by atoms with Crippen molar-refractivity contribution in [1.29, 1.82) is 0 Å². The fraction of sp³-hybridized carbons (Fsp3) is 0.800. The molecular weight excluding hydrogens is 164 g/mol. The summed E-state index contributed by atoms with van der Waals surface area (Å²) in [5, 5.41) is 12.1. The molecule has 0 aliphatic carbocycles. The molecule has 0 atom stereocenters. The Morgan fingerprint density at radius 3 is 2.62 bits per heavy atom.